The average Bonchev–Trinajstić information content (AvgIpc) is 2.44. The van der Waals surface area contributed by atoms with E-state index in [2.05, 4.69) is 15.6 Å². The number of hydrogen-bond donors (Lipinski definition) is 2. The van der Waals surface area contributed by atoms with Crippen LogP contribution >= 0.6 is 22.6 Å². The number of halogens is 3. The van der Waals surface area contributed by atoms with E-state index in [1.54, 1.807) is 0 Å². The Kier molecular flexibility index (Phi) is 5.05. The van der Waals surface area contributed by atoms with Crippen molar-refractivity contribution in [3.05, 3.63) is 51.2 Å². The van der Waals surface area contributed by atoms with Crippen LogP contribution < -0.4 is 10.6 Å². The summed E-state index contributed by atoms with van der Waals surface area (Å²) in [5.74, 6) is -1.20. The molecular weight excluding hydrogens is 391 g/mol. The minimum absolute atomic E-state index is 0.0944. The van der Waals surface area contributed by atoms with E-state index in [1.807, 2.05) is 29.5 Å². The van der Waals surface area contributed by atoms with Gasteiger partial charge in [-0.05, 0) is 53.8 Å². The topological polar surface area (TPSA) is 54.0 Å². The Morgan fingerprint density at radius 3 is 2.71 bits per heavy atom. The fraction of sp³-hybridized carbons (Fsp3) is 0.143. The first-order valence-electron chi connectivity index (χ1n) is 6.17. The Morgan fingerprint density at radius 1 is 1.29 bits per heavy atom. The van der Waals surface area contributed by atoms with Crippen molar-refractivity contribution in [2.24, 2.45) is 0 Å². The number of rotatable bonds is 4. The summed E-state index contributed by atoms with van der Waals surface area (Å²) in [5.41, 5.74) is 0.547. The van der Waals surface area contributed by atoms with Gasteiger partial charge in [-0.2, -0.15) is 0 Å². The molecule has 1 aromatic carbocycles. The monoisotopic (exact) mass is 403 g/mol. The zero-order valence-corrected chi connectivity index (χ0v) is 13.2. The Hall–Kier alpha value is -1.77. The van der Waals surface area contributed by atoms with Gasteiger partial charge >= 0.3 is 0 Å². The normalized spacial score (nSPS) is 10.3. The SMILES string of the molecule is CCNc1ncc(F)cc1C(=O)Nc1ccc(F)cc1I. The van der Waals surface area contributed by atoms with Crippen LogP contribution in [0, 0.1) is 15.2 Å². The van der Waals surface area contributed by atoms with E-state index in [-0.39, 0.29) is 5.56 Å². The van der Waals surface area contributed by atoms with E-state index in [1.165, 1.54) is 18.2 Å². The predicted molar refractivity (Wildman–Crippen MR) is 85.4 cm³/mol. The highest BCUT2D eigenvalue weighted by Crippen LogP contribution is 2.21. The molecule has 0 saturated carbocycles. The lowest BCUT2D eigenvalue weighted by molar-refractivity contribution is 0.102. The van der Waals surface area contributed by atoms with Gasteiger partial charge in [0.1, 0.15) is 17.5 Å². The first kappa shape index (κ1) is 15.6. The predicted octanol–water partition coefficient (Wildman–Crippen LogP) is 3.65. The van der Waals surface area contributed by atoms with Gasteiger partial charge in [0.15, 0.2) is 0 Å². The van der Waals surface area contributed by atoms with Crippen molar-refractivity contribution in [2.45, 2.75) is 6.92 Å². The Morgan fingerprint density at radius 2 is 2.05 bits per heavy atom. The quantitative estimate of drug-likeness (QED) is 0.767. The summed E-state index contributed by atoms with van der Waals surface area (Å²) < 4.78 is 26.9. The molecule has 0 atom stereocenters. The van der Waals surface area contributed by atoms with Crippen molar-refractivity contribution < 1.29 is 13.6 Å². The van der Waals surface area contributed by atoms with Crippen LogP contribution in [0.3, 0.4) is 0 Å². The van der Waals surface area contributed by atoms with Crippen LogP contribution in [0.15, 0.2) is 30.5 Å². The van der Waals surface area contributed by atoms with Crippen LogP contribution in [0.25, 0.3) is 0 Å². The molecule has 0 saturated heterocycles. The van der Waals surface area contributed by atoms with Gasteiger partial charge in [0.2, 0.25) is 0 Å². The molecule has 0 aliphatic heterocycles. The molecule has 21 heavy (non-hydrogen) atoms. The number of carbonyl (C=O) groups excluding carboxylic acids is 1. The molecule has 1 amide bonds. The van der Waals surface area contributed by atoms with Gasteiger partial charge in [-0.1, -0.05) is 0 Å². The number of amides is 1. The molecule has 1 aromatic heterocycles. The van der Waals surface area contributed by atoms with Crippen molar-refractivity contribution in [2.75, 3.05) is 17.2 Å². The number of benzene rings is 1. The van der Waals surface area contributed by atoms with Crippen molar-refractivity contribution >= 4 is 40.0 Å². The Balaban J connectivity index is 2.29. The van der Waals surface area contributed by atoms with Crippen molar-refractivity contribution in [3.63, 3.8) is 0 Å². The third-order valence-electron chi connectivity index (χ3n) is 2.62. The summed E-state index contributed by atoms with van der Waals surface area (Å²) in [7, 11) is 0. The maximum atomic E-state index is 13.3. The zero-order valence-electron chi connectivity index (χ0n) is 11.1. The standard InChI is InChI=1S/C14H12F2IN3O/c1-2-18-13-10(5-9(16)7-19-13)14(21)20-12-4-3-8(15)6-11(12)17/h3-7H,2H2,1H3,(H,18,19)(H,20,21). The molecule has 2 aromatic rings. The number of pyridine rings is 1. The summed E-state index contributed by atoms with van der Waals surface area (Å²) in [6, 6.07) is 5.10. The summed E-state index contributed by atoms with van der Waals surface area (Å²) >= 11 is 1.91. The van der Waals surface area contributed by atoms with E-state index in [0.29, 0.717) is 21.6 Å². The molecule has 4 nitrogen and oxygen atoms in total. The van der Waals surface area contributed by atoms with E-state index in [0.717, 1.165) is 12.3 Å². The summed E-state index contributed by atoms with van der Waals surface area (Å²) in [6.45, 7) is 2.39. The van der Waals surface area contributed by atoms with Crippen molar-refractivity contribution in [3.8, 4) is 0 Å². The van der Waals surface area contributed by atoms with E-state index in [9.17, 15) is 13.6 Å². The molecule has 0 spiro atoms. The molecule has 0 aliphatic carbocycles. The van der Waals surface area contributed by atoms with Gasteiger partial charge in [0.25, 0.3) is 5.91 Å². The summed E-state index contributed by atoms with van der Waals surface area (Å²) in [5, 5.41) is 5.51. The minimum Gasteiger partial charge on any atom is -0.370 e. The number of nitrogens with one attached hydrogen (secondary N) is 2. The lowest BCUT2D eigenvalue weighted by Gasteiger charge is -2.11. The highest BCUT2D eigenvalue weighted by Gasteiger charge is 2.15. The number of anilines is 2. The van der Waals surface area contributed by atoms with Crippen LogP contribution in [0.1, 0.15) is 17.3 Å². The second kappa shape index (κ2) is 6.79. The lowest BCUT2D eigenvalue weighted by atomic mass is 10.2. The number of hydrogen-bond acceptors (Lipinski definition) is 3. The molecule has 110 valence electrons. The van der Waals surface area contributed by atoms with Crippen molar-refractivity contribution in [1.29, 1.82) is 0 Å². The molecule has 0 unspecified atom stereocenters. The molecule has 2 rings (SSSR count). The smallest absolute Gasteiger partial charge is 0.259 e. The van der Waals surface area contributed by atoms with Crippen LogP contribution in [0.2, 0.25) is 0 Å². The number of nitrogens with zero attached hydrogens (tertiary/aromatic N) is 1. The number of aromatic nitrogens is 1. The molecule has 1 heterocycles. The highest BCUT2D eigenvalue weighted by molar-refractivity contribution is 14.1. The van der Waals surface area contributed by atoms with E-state index in [4.69, 9.17) is 0 Å². The van der Waals surface area contributed by atoms with Gasteiger partial charge in [-0.3, -0.25) is 4.79 Å². The first-order chi connectivity index (χ1) is 10.0. The van der Waals surface area contributed by atoms with Gasteiger partial charge < -0.3 is 10.6 Å². The van der Waals surface area contributed by atoms with E-state index >= 15 is 0 Å². The molecule has 7 heteroatoms. The number of carbonyl (C=O) groups is 1. The first-order valence-corrected chi connectivity index (χ1v) is 7.25. The van der Waals surface area contributed by atoms with E-state index < -0.39 is 17.5 Å². The lowest BCUT2D eigenvalue weighted by Crippen LogP contribution is -2.17. The second-order valence-electron chi connectivity index (χ2n) is 4.16. The minimum atomic E-state index is -0.601. The second-order valence-corrected chi connectivity index (χ2v) is 5.32. The zero-order chi connectivity index (χ0) is 15.4. The summed E-state index contributed by atoms with van der Waals surface area (Å²) in [6.07, 6.45) is 1.04. The van der Waals surface area contributed by atoms with Crippen LogP contribution in [0.5, 0.6) is 0 Å². The largest absolute Gasteiger partial charge is 0.370 e. The average molecular weight is 403 g/mol. The molecular formula is C14H12F2IN3O. The molecule has 0 fully saturated rings. The fourth-order valence-electron chi connectivity index (χ4n) is 1.70. The maximum absolute atomic E-state index is 13.3. The Labute approximate surface area is 134 Å². The van der Waals surface area contributed by atoms with Crippen LogP contribution in [0.4, 0.5) is 20.3 Å². The van der Waals surface area contributed by atoms with Gasteiger partial charge in [0.05, 0.1) is 17.4 Å². The summed E-state index contributed by atoms with van der Waals surface area (Å²) in [4.78, 5) is 16.1. The molecule has 2 N–H and O–H groups in total. The van der Waals surface area contributed by atoms with Gasteiger partial charge in [0, 0.05) is 10.1 Å². The maximum Gasteiger partial charge on any atom is 0.259 e. The van der Waals surface area contributed by atoms with Crippen molar-refractivity contribution in [1.82, 2.24) is 4.98 Å². The highest BCUT2D eigenvalue weighted by atomic mass is 127. The van der Waals surface area contributed by atoms with Gasteiger partial charge in [-0.25, -0.2) is 13.8 Å². The molecule has 0 bridgehead atoms. The fourth-order valence-corrected chi connectivity index (χ4v) is 2.31. The van der Waals surface area contributed by atoms with Crippen LogP contribution in [-0.2, 0) is 0 Å². The molecule has 0 aliphatic rings. The Bertz CT molecular complexity index is 679. The van der Waals surface area contributed by atoms with Gasteiger partial charge in [-0.15, -0.1) is 0 Å². The third kappa shape index (κ3) is 3.87. The van der Waals surface area contributed by atoms with Crippen LogP contribution in [-0.4, -0.2) is 17.4 Å². The third-order valence-corrected chi connectivity index (χ3v) is 3.52. The molecule has 0 radical (unpaired) electrons.